The molecule has 0 bridgehead atoms. The highest BCUT2D eigenvalue weighted by atomic mass is 16.6. The molecule has 0 saturated carbocycles. The van der Waals surface area contributed by atoms with Crippen LogP contribution in [0, 0.1) is 10.1 Å². The first-order valence-electron chi connectivity index (χ1n) is 6.37. The van der Waals surface area contributed by atoms with E-state index in [0.29, 0.717) is 6.42 Å². The highest BCUT2D eigenvalue weighted by molar-refractivity contribution is 6.00. The molecule has 1 aromatic rings. The predicted molar refractivity (Wildman–Crippen MR) is 69.1 cm³/mol. The van der Waals surface area contributed by atoms with E-state index in [9.17, 15) is 24.8 Å². The van der Waals surface area contributed by atoms with Crippen molar-refractivity contribution in [2.24, 2.45) is 0 Å². The van der Waals surface area contributed by atoms with E-state index in [1.165, 1.54) is 10.9 Å². The summed E-state index contributed by atoms with van der Waals surface area (Å²) in [5, 5.41) is 29.1. The van der Waals surface area contributed by atoms with Gasteiger partial charge in [0.2, 0.25) is 11.8 Å². The predicted octanol–water partition coefficient (Wildman–Crippen LogP) is -1.45. The Balaban J connectivity index is 1.79. The molecular weight excluding hydrogens is 282 g/mol. The lowest BCUT2D eigenvalue weighted by Gasteiger charge is -2.23. The summed E-state index contributed by atoms with van der Waals surface area (Å²) in [6.45, 7) is 0.175. The lowest BCUT2D eigenvalue weighted by Crippen LogP contribution is -2.52. The van der Waals surface area contributed by atoms with Gasteiger partial charge in [-0.1, -0.05) is 0 Å². The van der Waals surface area contributed by atoms with Crippen LogP contribution in [0.5, 0.6) is 0 Å². The zero-order valence-electron chi connectivity index (χ0n) is 11.1. The number of hydrogen-bond donors (Lipinski definition) is 3. The van der Waals surface area contributed by atoms with E-state index in [1.807, 2.05) is 0 Å². The monoisotopic (exact) mass is 297 g/mol. The number of carbonyl (C=O) groups excluding carboxylic acids is 2. The van der Waals surface area contributed by atoms with Gasteiger partial charge < -0.3 is 10.4 Å². The highest BCUT2D eigenvalue weighted by Gasteiger charge is 2.26. The summed E-state index contributed by atoms with van der Waals surface area (Å²) in [4.78, 5) is 32.4. The molecule has 3 N–H and O–H groups in total. The number of nitrogens with one attached hydrogen (secondary N) is 2. The van der Waals surface area contributed by atoms with Crippen molar-refractivity contribution in [3.63, 3.8) is 0 Å². The van der Waals surface area contributed by atoms with Crippen molar-refractivity contribution in [2.75, 3.05) is 6.54 Å². The Kier molecular flexibility index (Phi) is 4.60. The van der Waals surface area contributed by atoms with Gasteiger partial charge in [-0.15, -0.1) is 0 Å². The van der Waals surface area contributed by atoms with Crippen LogP contribution in [-0.2, 0) is 16.1 Å². The number of aliphatic hydroxyl groups excluding tert-OH is 1. The molecule has 0 spiro atoms. The Bertz CT molecular complexity index is 557. The molecule has 1 aromatic heterocycles. The average molecular weight is 297 g/mol. The minimum Gasteiger partial charge on any atom is -0.390 e. The second kappa shape index (κ2) is 6.41. The van der Waals surface area contributed by atoms with Crippen LogP contribution in [0.15, 0.2) is 12.4 Å². The van der Waals surface area contributed by atoms with Crippen LogP contribution in [0.2, 0.25) is 0 Å². The van der Waals surface area contributed by atoms with Crippen molar-refractivity contribution in [1.29, 1.82) is 0 Å². The molecule has 114 valence electrons. The van der Waals surface area contributed by atoms with Crippen LogP contribution >= 0.6 is 0 Å². The van der Waals surface area contributed by atoms with Gasteiger partial charge in [0.1, 0.15) is 12.4 Å². The molecule has 2 rings (SSSR count). The number of hydrogen-bond acceptors (Lipinski definition) is 7. The summed E-state index contributed by atoms with van der Waals surface area (Å²) < 4.78 is 1.26. The normalized spacial score (nSPS) is 20.1. The molecule has 21 heavy (non-hydrogen) atoms. The third-order valence-electron chi connectivity index (χ3n) is 3.07. The van der Waals surface area contributed by atoms with Crippen LogP contribution in [0.25, 0.3) is 0 Å². The number of amides is 2. The number of aromatic nitrogens is 2. The van der Waals surface area contributed by atoms with Gasteiger partial charge in [0, 0.05) is 13.0 Å². The summed E-state index contributed by atoms with van der Waals surface area (Å²) in [6, 6.07) is -0.524. The van der Waals surface area contributed by atoms with Gasteiger partial charge in [-0.2, -0.15) is 5.10 Å². The molecule has 0 radical (unpaired) electrons. The van der Waals surface area contributed by atoms with Crippen LogP contribution in [-0.4, -0.2) is 50.3 Å². The second-order valence-corrected chi connectivity index (χ2v) is 4.74. The van der Waals surface area contributed by atoms with Crippen molar-refractivity contribution < 1.29 is 19.6 Å². The van der Waals surface area contributed by atoms with Gasteiger partial charge in [0.05, 0.1) is 23.6 Å². The van der Waals surface area contributed by atoms with Gasteiger partial charge in [0.15, 0.2) is 0 Å². The molecule has 1 fully saturated rings. The first kappa shape index (κ1) is 15.1. The Morgan fingerprint density at radius 2 is 2.38 bits per heavy atom. The molecular formula is C11H15N5O5. The lowest BCUT2D eigenvalue weighted by atomic mass is 10.1. The van der Waals surface area contributed by atoms with E-state index in [-0.39, 0.29) is 31.1 Å². The van der Waals surface area contributed by atoms with Crippen LogP contribution in [0.1, 0.15) is 12.8 Å². The van der Waals surface area contributed by atoms with E-state index in [1.54, 1.807) is 0 Å². The van der Waals surface area contributed by atoms with Gasteiger partial charge in [-0.05, 0) is 6.42 Å². The fraction of sp³-hybridized carbons (Fsp3) is 0.545. The third kappa shape index (κ3) is 4.07. The van der Waals surface area contributed by atoms with Gasteiger partial charge >= 0.3 is 5.69 Å². The molecule has 1 aliphatic heterocycles. The summed E-state index contributed by atoms with van der Waals surface area (Å²) in [6.07, 6.45) is 2.08. The topological polar surface area (TPSA) is 139 Å². The van der Waals surface area contributed by atoms with Crippen molar-refractivity contribution in [1.82, 2.24) is 20.4 Å². The lowest BCUT2D eigenvalue weighted by molar-refractivity contribution is -0.385. The zero-order valence-corrected chi connectivity index (χ0v) is 11.1. The number of carbonyl (C=O) groups is 2. The molecule has 2 heterocycles. The fourth-order valence-corrected chi connectivity index (χ4v) is 1.99. The summed E-state index contributed by atoms with van der Waals surface area (Å²) in [7, 11) is 0. The summed E-state index contributed by atoms with van der Waals surface area (Å²) in [5.74, 6) is -0.712. The highest BCUT2D eigenvalue weighted by Crippen LogP contribution is 2.08. The standard InChI is InChI=1S/C11H15N5O5/c17-8(6-15-5-7(3-13-15)16(20)21)4-12-9-1-2-10(18)14-11(9)19/h3,5,8-9,12,17H,1-2,4,6H2,(H,14,18,19). The largest absolute Gasteiger partial charge is 0.390 e. The van der Waals surface area contributed by atoms with Gasteiger partial charge in [-0.3, -0.25) is 29.7 Å². The SMILES string of the molecule is O=C1CCC(NCC(O)Cn2cc([N+](=O)[O-])cn2)C(=O)N1. The fourth-order valence-electron chi connectivity index (χ4n) is 1.99. The van der Waals surface area contributed by atoms with Crippen molar-refractivity contribution in [3.8, 4) is 0 Å². The van der Waals surface area contributed by atoms with E-state index in [0.717, 1.165) is 6.20 Å². The molecule has 1 saturated heterocycles. The molecule has 0 aromatic carbocycles. The summed E-state index contributed by atoms with van der Waals surface area (Å²) >= 11 is 0. The molecule has 0 aliphatic carbocycles. The molecule has 2 unspecified atom stereocenters. The maximum absolute atomic E-state index is 11.5. The Morgan fingerprint density at radius 3 is 3.00 bits per heavy atom. The minimum absolute atomic E-state index is 0.0636. The van der Waals surface area contributed by atoms with E-state index in [4.69, 9.17) is 0 Å². The summed E-state index contributed by atoms with van der Waals surface area (Å²) in [5.41, 5.74) is -0.152. The van der Waals surface area contributed by atoms with Crippen LogP contribution < -0.4 is 10.6 Å². The molecule has 2 atom stereocenters. The molecule has 10 heteroatoms. The number of imide groups is 1. The number of aliphatic hydroxyl groups is 1. The average Bonchev–Trinajstić information content (AvgIpc) is 2.86. The van der Waals surface area contributed by atoms with E-state index < -0.39 is 23.0 Å². The first-order chi connectivity index (χ1) is 9.95. The number of nitro groups is 1. The molecule has 1 aliphatic rings. The van der Waals surface area contributed by atoms with Gasteiger partial charge in [-0.25, -0.2) is 0 Å². The van der Waals surface area contributed by atoms with E-state index >= 15 is 0 Å². The third-order valence-corrected chi connectivity index (χ3v) is 3.07. The van der Waals surface area contributed by atoms with Crippen LogP contribution in [0.3, 0.4) is 0 Å². The second-order valence-electron chi connectivity index (χ2n) is 4.74. The van der Waals surface area contributed by atoms with Crippen molar-refractivity contribution in [2.45, 2.75) is 31.5 Å². The minimum atomic E-state index is -0.866. The Hall–Kier alpha value is -2.33. The first-order valence-corrected chi connectivity index (χ1v) is 6.37. The quantitative estimate of drug-likeness (QED) is 0.331. The maximum Gasteiger partial charge on any atom is 0.306 e. The smallest absolute Gasteiger partial charge is 0.306 e. The Labute approximate surface area is 119 Å². The van der Waals surface area contributed by atoms with Crippen LogP contribution in [0.4, 0.5) is 5.69 Å². The van der Waals surface area contributed by atoms with Crippen molar-refractivity contribution in [3.05, 3.63) is 22.5 Å². The molecule has 2 amide bonds. The van der Waals surface area contributed by atoms with Gasteiger partial charge in [0.25, 0.3) is 0 Å². The maximum atomic E-state index is 11.5. The number of piperidine rings is 1. The Morgan fingerprint density at radius 1 is 1.62 bits per heavy atom. The molecule has 10 nitrogen and oxygen atoms in total. The zero-order chi connectivity index (χ0) is 15.4. The number of rotatable bonds is 6. The van der Waals surface area contributed by atoms with Crippen molar-refractivity contribution >= 4 is 17.5 Å². The number of nitrogens with zero attached hydrogens (tertiary/aromatic N) is 3. The van der Waals surface area contributed by atoms with E-state index in [2.05, 4.69) is 15.7 Å².